The van der Waals surface area contributed by atoms with E-state index in [1.165, 1.54) is 0 Å². The molecule has 0 saturated carbocycles. The lowest BCUT2D eigenvalue weighted by atomic mass is 10.2. The van der Waals surface area contributed by atoms with Crippen LogP contribution in [0.4, 0.5) is 0 Å². The molecule has 106 valence electrons. The third-order valence-electron chi connectivity index (χ3n) is 3.31. The van der Waals surface area contributed by atoms with Crippen LogP contribution in [0.15, 0.2) is 29.4 Å². The van der Waals surface area contributed by atoms with E-state index in [2.05, 4.69) is 20.5 Å². The van der Waals surface area contributed by atoms with Gasteiger partial charge >= 0.3 is 0 Å². The number of fused-ring (bicyclic) bond motifs is 1. The molecule has 3 rings (SSSR count). The zero-order chi connectivity index (χ0) is 13.8. The molecule has 0 aliphatic carbocycles. The van der Waals surface area contributed by atoms with E-state index in [1.54, 1.807) is 0 Å². The van der Waals surface area contributed by atoms with Crippen molar-refractivity contribution in [3.8, 4) is 0 Å². The molecule has 0 radical (unpaired) electrons. The molecule has 7 nitrogen and oxygen atoms in total. The summed E-state index contributed by atoms with van der Waals surface area (Å²) in [5, 5.41) is 11.3. The fourth-order valence-electron chi connectivity index (χ4n) is 2.23. The maximum Gasteiger partial charge on any atom is 0.189 e. The lowest BCUT2D eigenvalue weighted by molar-refractivity contribution is 0.114. The third-order valence-corrected chi connectivity index (χ3v) is 3.31. The molecule has 1 aliphatic rings. The first kappa shape index (κ1) is 12.9. The Morgan fingerprint density at radius 3 is 3.30 bits per heavy atom. The first-order valence-electron chi connectivity index (χ1n) is 6.77. The van der Waals surface area contributed by atoms with Crippen molar-refractivity contribution < 1.29 is 4.74 Å². The zero-order valence-electron chi connectivity index (χ0n) is 11.2. The number of aromatic nitrogens is 3. The Morgan fingerprint density at radius 2 is 2.45 bits per heavy atom. The summed E-state index contributed by atoms with van der Waals surface area (Å²) in [5.74, 6) is 1.18. The number of hydrogen-bond donors (Lipinski definition) is 2. The topological polar surface area (TPSA) is 89.8 Å². The summed E-state index contributed by atoms with van der Waals surface area (Å²) in [6, 6.07) is 5.76. The van der Waals surface area contributed by atoms with Crippen molar-refractivity contribution >= 4 is 11.6 Å². The van der Waals surface area contributed by atoms with Crippen LogP contribution in [0.3, 0.4) is 0 Å². The molecule has 1 fully saturated rings. The Bertz CT molecular complexity index is 602. The largest absolute Gasteiger partial charge is 0.376 e. The minimum atomic E-state index is 0.248. The van der Waals surface area contributed by atoms with Crippen LogP contribution in [0.5, 0.6) is 0 Å². The molecule has 0 aromatic carbocycles. The highest BCUT2D eigenvalue weighted by molar-refractivity contribution is 5.77. The number of rotatable bonds is 4. The lowest BCUT2D eigenvalue weighted by Crippen LogP contribution is -2.37. The number of nitrogens with one attached hydrogen (secondary N) is 1. The van der Waals surface area contributed by atoms with E-state index in [9.17, 15) is 0 Å². The highest BCUT2D eigenvalue weighted by atomic mass is 16.5. The van der Waals surface area contributed by atoms with Crippen LogP contribution in [0.2, 0.25) is 0 Å². The Hall–Kier alpha value is -2.15. The van der Waals surface area contributed by atoms with Gasteiger partial charge in [0.25, 0.3) is 0 Å². The van der Waals surface area contributed by atoms with E-state index in [4.69, 9.17) is 10.5 Å². The monoisotopic (exact) mass is 274 g/mol. The molecule has 1 saturated heterocycles. The number of pyridine rings is 1. The molecule has 1 aliphatic heterocycles. The number of nitrogens with two attached hydrogens (primary N) is 1. The van der Waals surface area contributed by atoms with E-state index in [0.29, 0.717) is 19.0 Å². The van der Waals surface area contributed by atoms with Crippen molar-refractivity contribution in [3.05, 3.63) is 30.2 Å². The van der Waals surface area contributed by atoms with Gasteiger partial charge < -0.3 is 15.8 Å². The van der Waals surface area contributed by atoms with Gasteiger partial charge in [0.15, 0.2) is 17.4 Å². The number of nitrogens with zero attached hydrogens (tertiary/aromatic N) is 4. The summed E-state index contributed by atoms with van der Waals surface area (Å²) in [6.45, 7) is 1.95. The Kier molecular flexibility index (Phi) is 3.78. The average molecular weight is 274 g/mol. The summed E-state index contributed by atoms with van der Waals surface area (Å²) in [6.07, 6.45) is 4.36. The van der Waals surface area contributed by atoms with Crippen molar-refractivity contribution in [2.75, 3.05) is 13.2 Å². The molecule has 7 heteroatoms. The van der Waals surface area contributed by atoms with Crippen LogP contribution >= 0.6 is 0 Å². The highest BCUT2D eigenvalue weighted by Crippen LogP contribution is 2.10. The number of hydrogen-bond acceptors (Lipinski definition) is 4. The molecular weight excluding hydrogens is 256 g/mol. The molecule has 0 amide bonds. The molecular formula is C13H18N6O. The molecule has 2 aromatic heterocycles. The second-order valence-corrected chi connectivity index (χ2v) is 4.76. The van der Waals surface area contributed by atoms with Gasteiger partial charge in [-0.2, -0.15) is 0 Å². The Morgan fingerprint density at radius 1 is 1.50 bits per heavy atom. The number of guanidine groups is 1. The summed E-state index contributed by atoms with van der Waals surface area (Å²) in [7, 11) is 0. The molecule has 0 bridgehead atoms. The second kappa shape index (κ2) is 5.87. The van der Waals surface area contributed by atoms with E-state index in [-0.39, 0.29) is 6.10 Å². The normalized spacial score (nSPS) is 19.6. The second-order valence-electron chi connectivity index (χ2n) is 4.76. The molecule has 0 spiro atoms. The molecule has 3 N–H and O–H groups in total. The van der Waals surface area contributed by atoms with Crippen molar-refractivity contribution in [3.63, 3.8) is 0 Å². The lowest BCUT2D eigenvalue weighted by Gasteiger charge is -2.10. The maximum atomic E-state index is 5.84. The minimum Gasteiger partial charge on any atom is -0.376 e. The van der Waals surface area contributed by atoms with Crippen LogP contribution < -0.4 is 11.1 Å². The van der Waals surface area contributed by atoms with E-state index in [0.717, 1.165) is 30.9 Å². The van der Waals surface area contributed by atoms with Crippen LogP contribution in [0.25, 0.3) is 5.65 Å². The van der Waals surface area contributed by atoms with Gasteiger partial charge in [-0.3, -0.25) is 4.40 Å². The van der Waals surface area contributed by atoms with Crippen molar-refractivity contribution in [2.45, 2.75) is 25.5 Å². The Balaban J connectivity index is 1.58. The van der Waals surface area contributed by atoms with E-state index >= 15 is 0 Å². The smallest absolute Gasteiger partial charge is 0.189 e. The molecule has 2 aromatic rings. The summed E-state index contributed by atoms with van der Waals surface area (Å²) in [5.41, 5.74) is 6.65. The zero-order valence-corrected chi connectivity index (χ0v) is 11.2. The van der Waals surface area contributed by atoms with Gasteiger partial charge in [-0.15, -0.1) is 10.2 Å². The van der Waals surface area contributed by atoms with Gasteiger partial charge in [-0.25, -0.2) is 4.99 Å². The molecule has 3 heterocycles. The van der Waals surface area contributed by atoms with Crippen molar-refractivity contribution in [1.29, 1.82) is 0 Å². The first-order valence-corrected chi connectivity index (χ1v) is 6.77. The summed E-state index contributed by atoms with van der Waals surface area (Å²) in [4.78, 5) is 4.28. The van der Waals surface area contributed by atoms with Crippen LogP contribution in [0, 0.1) is 0 Å². The average Bonchev–Trinajstić information content (AvgIpc) is 3.12. The van der Waals surface area contributed by atoms with Gasteiger partial charge in [0.2, 0.25) is 0 Å². The third kappa shape index (κ3) is 2.88. The van der Waals surface area contributed by atoms with E-state index < -0.39 is 0 Å². The summed E-state index contributed by atoms with van der Waals surface area (Å²) >= 11 is 0. The van der Waals surface area contributed by atoms with Crippen molar-refractivity contribution in [1.82, 2.24) is 19.9 Å². The SMILES string of the molecule is NC(=NCc1nnc2ccccn12)NCC1CCCO1. The quantitative estimate of drug-likeness (QED) is 0.619. The predicted octanol–water partition coefficient (Wildman–Crippen LogP) is 0.313. The van der Waals surface area contributed by atoms with Crippen LogP contribution in [-0.4, -0.2) is 39.8 Å². The van der Waals surface area contributed by atoms with Crippen LogP contribution in [-0.2, 0) is 11.3 Å². The standard InChI is InChI=1S/C13H18N6O/c14-13(15-8-10-4-3-7-20-10)16-9-12-18-17-11-5-1-2-6-19(11)12/h1-2,5-6,10H,3-4,7-9H2,(H3,14,15,16). The van der Waals surface area contributed by atoms with Crippen molar-refractivity contribution in [2.24, 2.45) is 10.7 Å². The van der Waals surface area contributed by atoms with Gasteiger partial charge in [0.1, 0.15) is 6.54 Å². The van der Waals surface area contributed by atoms with Gasteiger partial charge in [0, 0.05) is 19.3 Å². The predicted molar refractivity (Wildman–Crippen MR) is 75.3 cm³/mol. The Labute approximate surface area is 116 Å². The van der Waals surface area contributed by atoms with Gasteiger partial charge in [-0.05, 0) is 25.0 Å². The molecule has 20 heavy (non-hydrogen) atoms. The number of ether oxygens (including phenoxy) is 1. The van der Waals surface area contributed by atoms with Crippen LogP contribution in [0.1, 0.15) is 18.7 Å². The maximum absolute atomic E-state index is 5.84. The van der Waals surface area contributed by atoms with Gasteiger partial charge in [0.05, 0.1) is 6.10 Å². The number of aliphatic imine (C=N–C) groups is 1. The fraction of sp³-hybridized carbons (Fsp3) is 0.462. The molecule has 1 atom stereocenters. The minimum absolute atomic E-state index is 0.248. The molecule has 1 unspecified atom stereocenters. The summed E-state index contributed by atoms with van der Waals surface area (Å²) < 4.78 is 7.41. The van der Waals surface area contributed by atoms with E-state index in [1.807, 2.05) is 28.8 Å². The first-order chi connectivity index (χ1) is 9.83. The fourth-order valence-corrected chi connectivity index (χ4v) is 2.23. The van der Waals surface area contributed by atoms with Gasteiger partial charge in [-0.1, -0.05) is 6.07 Å². The highest BCUT2D eigenvalue weighted by Gasteiger charge is 2.14.